The van der Waals surface area contributed by atoms with Crippen LogP contribution in [0.1, 0.15) is 28.0 Å². The van der Waals surface area contributed by atoms with Gasteiger partial charge in [-0.15, -0.1) is 0 Å². The van der Waals surface area contributed by atoms with E-state index >= 15 is 0 Å². The van der Waals surface area contributed by atoms with Gasteiger partial charge in [-0.25, -0.2) is 17.2 Å². The first-order valence-electron chi connectivity index (χ1n) is 8.92. The van der Waals surface area contributed by atoms with E-state index in [1.165, 1.54) is 7.11 Å². The first-order valence-corrected chi connectivity index (χ1v) is 10.4. The molecule has 2 aromatic carbocycles. The molecule has 6 nitrogen and oxygen atoms in total. The third-order valence-corrected chi connectivity index (χ3v) is 6.33. The predicted octanol–water partition coefficient (Wildman–Crippen LogP) is 3.55. The molecule has 0 atom stereocenters. The first-order chi connectivity index (χ1) is 13.4. The maximum Gasteiger partial charge on any atom is 0.355 e. The minimum Gasteiger partial charge on any atom is -0.464 e. The number of carbonyl (C=O) groups excluding carboxylic acids is 1. The molecule has 0 fully saturated rings. The van der Waals surface area contributed by atoms with Crippen molar-refractivity contribution >= 4 is 26.9 Å². The maximum absolute atomic E-state index is 13.4. The van der Waals surface area contributed by atoms with Crippen LogP contribution in [0, 0.1) is 6.92 Å². The topological polar surface area (TPSA) is 74.6 Å². The molecular formula is C21H23NO5S. The van der Waals surface area contributed by atoms with Crippen molar-refractivity contribution in [3.63, 3.8) is 0 Å². The number of carbonyl (C=O) groups is 1. The van der Waals surface area contributed by atoms with Crippen molar-refractivity contribution in [1.82, 2.24) is 3.97 Å². The minimum atomic E-state index is -3.98. The van der Waals surface area contributed by atoms with Gasteiger partial charge in [0.15, 0.2) is 0 Å². The number of aryl methyl sites for hydroxylation is 2. The van der Waals surface area contributed by atoms with Gasteiger partial charge in [0.2, 0.25) is 0 Å². The predicted molar refractivity (Wildman–Crippen MR) is 107 cm³/mol. The van der Waals surface area contributed by atoms with E-state index in [0.29, 0.717) is 17.5 Å². The van der Waals surface area contributed by atoms with Crippen molar-refractivity contribution in [2.75, 3.05) is 20.8 Å². The highest BCUT2D eigenvalue weighted by molar-refractivity contribution is 7.90. The summed E-state index contributed by atoms with van der Waals surface area (Å²) >= 11 is 0. The van der Waals surface area contributed by atoms with Gasteiger partial charge in [0.05, 0.1) is 17.5 Å². The van der Waals surface area contributed by atoms with E-state index in [2.05, 4.69) is 0 Å². The normalized spacial score (nSPS) is 11.7. The van der Waals surface area contributed by atoms with Gasteiger partial charge in [0.25, 0.3) is 10.0 Å². The zero-order valence-electron chi connectivity index (χ0n) is 16.1. The van der Waals surface area contributed by atoms with Gasteiger partial charge in [0.1, 0.15) is 5.69 Å². The number of esters is 1. The van der Waals surface area contributed by atoms with Crippen LogP contribution in [0.3, 0.4) is 0 Å². The van der Waals surface area contributed by atoms with E-state index in [9.17, 15) is 13.2 Å². The molecule has 28 heavy (non-hydrogen) atoms. The molecule has 0 aliphatic carbocycles. The van der Waals surface area contributed by atoms with Crippen molar-refractivity contribution in [2.24, 2.45) is 0 Å². The number of nitrogens with zero attached hydrogens (tertiary/aromatic N) is 1. The number of hydrogen-bond acceptors (Lipinski definition) is 5. The maximum atomic E-state index is 13.4. The van der Waals surface area contributed by atoms with Crippen LogP contribution in [-0.4, -0.2) is 39.2 Å². The molecule has 0 aliphatic rings. The Hall–Kier alpha value is -2.64. The van der Waals surface area contributed by atoms with Gasteiger partial charge < -0.3 is 9.47 Å². The Bertz CT molecular complexity index is 1100. The quantitative estimate of drug-likeness (QED) is 0.447. The molecule has 0 amide bonds. The van der Waals surface area contributed by atoms with E-state index in [1.54, 1.807) is 37.4 Å². The molecule has 3 rings (SSSR count). The fourth-order valence-electron chi connectivity index (χ4n) is 3.12. The summed E-state index contributed by atoms with van der Waals surface area (Å²) in [6, 6.07) is 13.7. The summed E-state index contributed by atoms with van der Waals surface area (Å²) in [7, 11) is -1.10. The first kappa shape index (κ1) is 20.1. The second-order valence-corrected chi connectivity index (χ2v) is 8.38. The van der Waals surface area contributed by atoms with Crippen LogP contribution in [0.4, 0.5) is 0 Å². The SMILES string of the molecule is COCCCc1ccc2cc(C(=O)OC)n(S(=O)(=O)c3ccc(C)cc3)c2c1. The van der Waals surface area contributed by atoms with Gasteiger partial charge in [-0.05, 0) is 49.6 Å². The second-order valence-electron chi connectivity index (χ2n) is 6.59. The summed E-state index contributed by atoms with van der Waals surface area (Å²) < 4.78 is 37.7. The Kier molecular flexibility index (Phi) is 5.86. The van der Waals surface area contributed by atoms with Crippen molar-refractivity contribution in [3.8, 4) is 0 Å². The van der Waals surface area contributed by atoms with Gasteiger partial charge in [0, 0.05) is 19.1 Å². The minimum absolute atomic E-state index is 0.0212. The molecule has 0 saturated carbocycles. The number of aromatic nitrogens is 1. The monoisotopic (exact) mass is 401 g/mol. The highest BCUT2D eigenvalue weighted by Crippen LogP contribution is 2.28. The van der Waals surface area contributed by atoms with E-state index < -0.39 is 16.0 Å². The van der Waals surface area contributed by atoms with Crippen molar-refractivity contribution in [3.05, 3.63) is 65.4 Å². The summed E-state index contributed by atoms with van der Waals surface area (Å²) in [5.41, 5.74) is 2.35. The summed E-state index contributed by atoms with van der Waals surface area (Å²) in [4.78, 5) is 12.4. The Morgan fingerprint density at radius 3 is 2.39 bits per heavy atom. The van der Waals surface area contributed by atoms with Crippen molar-refractivity contribution in [2.45, 2.75) is 24.7 Å². The molecule has 0 aliphatic heterocycles. The van der Waals surface area contributed by atoms with Crippen LogP contribution in [-0.2, 0) is 25.9 Å². The molecule has 0 saturated heterocycles. The largest absolute Gasteiger partial charge is 0.464 e. The highest BCUT2D eigenvalue weighted by atomic mass is 32.2. The van der Waals surface area contributed by atoms with Crippen molar-refractivity contribution < 1.29 is 22.7 Å². The summed E-state index contributed by atoms with van der Waals surface area (Å²) in [5.74, 6) is -0.701. The van der Waals surface area contributed by atoms with Crippen molar-refractivity contribution in [1.29, 1.82) is 0 Å². The zero-order chi connectivity index (χ0) is 20.3. The van der Waals surface area contributed by atoms with E-state index in [-0.39, 0.29) is 10.6 Å². The fourth-order valence-corrected chi connectivity index (χ4v) is 4.61. The number of hydrogen-bond donors (Lipinski definition) is 0. The molecule has 7 heteroatoms. The molecule has 148 valence electrons. The van der Waals surface area contributed by atoms with Crippen LogP contribution >= 0.6 is 0 Å². The van der Waals surface area contributed by atoms with Gasteiger partial charge in [-0.1, -0.05) is 29.8 Å². The van der Waals surface area contributed by atoms with Gasteiger partial charge in [-0.2, -0.15) is 0 Å². The highest BCUT2D eigenvalue weighted by Gasteiger charge is 2.27. The Morgan fingerprint density at radius 1 is 1.04 bits per heavy atom. The van der Waals surface area contributed by atoms with Gasteiger partial charge >= 0.3 is 5.97 Å². The lowest BCUT2D eigenvalue weighted by atomic mass is 10.1. The summed E-state index contributed by atoms with van der Waals surface area (Å²) in [6.45, 7) is 2.50. The number of fused-ring (bicyclic) bond motifs is 1. The molecular weight excluding hydrogens is 378 g/mol. The number of methoxy groups -OCH3 is 2. The summed E-state index contributed by atoms with van der Waals surface area (Å²) in [6.07, 6.45) is 1.56. The molecule has 0 radical (unpaired) electrons. The molecule has 1 heterocycles. The molecule has 0 bridgehead atoms. The number of rotatable bonds is 7. The molecule has 0 spiro atoms. The lowest BCUT2D eigenvalue weighted by Gasteiger charge is -2.12. The molecule has 1 aromatic heterocycles. The third-order valence-electron chi connectivity index (χ3n) is 4.59. The lowest BCUT2D eigenvalue weighted by molar-refractivity contribution is 0.0593. The molecule has 3 aromatic rings. The van der Waals surface area contributed by atoms with Crippen LogP contribution in [0.5, 0.6) is 0 Å². The Balaban J connectivity index is 2.20. The Labute approximate surface area is 164 Å². The van der Waals surface area contributed by atoms with E-state index in [4.69, 9.17) is 9.47 Å². The number of benzene rings is 2. The third kappa shape index (κ3) is 3.81. The Morgan fingerprint density at radius 2 is 1.75 bits per heavy atom. The molecule has 0 N–H and O–H groups in total. The average Bonchev–Trinajstić information content (AvgIpc) is 3.07. The van der Waals surface area contributed by atoms with Crippen LogP contribution in [0.25, 0.3) is 10.9 Å². The molecule has 0 unspecified atom stereocenters. The average molecular weight is 401 g/mol. The van der Waals surface area contributed by atoms with Gasteiger partial charge in [-0.3, -0.25) is 0 Å². The standard InChI is InChI=1S/C21H23NO5S/c1-15-6-10-18(11-7-15)28(24,25)22-19-13-16(5-4-12-26-2)8-9-17(19)14-20(22)21(23)27-3/h6-11,13-14H,4-5,12H2,1-3H3. The zero-order valence-corrected chi connectivity index (χ0v) is 17.0. The van der Waals surface area contributed by atoms with Crippen LogP contribution in [0.2, 0.25) is 0 Å². The second kappa shape index (κ2) is 8.16. The fraction of sp³-hybridized carbons (Fsp3) is 0.286. The summed E-state index contributed by atoms with van der Waals surface area (Å²) in [5, 5.41) is 0.659. The van der Waals surface area contributed by atoms with Crippen LogP contribution < -0.4 is 0 Å². The smallest absolute Gasteiger partial charge is 0.355 e. The van der Waals surface area contributed by atoms with Crippen LogP contribution in [0.15, 0.2) is 53.4 Å². The lowest BCUT2D eigenvalue weighted by Crippen LogP contribution is -2.19. The van der Waals surface area contributed by atoms with E-state index in [1.807, 2.05) is 25.1 Å². The van der Waals surface area contributed by atoms with E-state index in [0.717, 1.165) is 27.9 Å². The number of ether oxygens (including phenoxy) is 2.